The maximum absolute atomic E-state index is 13.5. The summed E-state index contributed by atoms with van der Waals surface area (Å²) in [6, 6.07) is 4.69. The van der Waals surface area contributed by atoms with Crippen LogP contribution in [0.4, 0.5) is 4.39 Å². The summed E-state index contributed by atoms with van der Waals surface area (Å²) in [4.78, 5) is 13.4. The third-order valence-corrected chi connectivity index (χ3v) is 4.49. The van der Waals surface area contributed by atoms with Gasteiger partial charge in [0.1, 0.15) is 5.82 Å². The first-order valence-electron chi connectivity index (χ1n) is 7.25. The van der Waals surface area contributed by atoms with Crippen molar-refractivity contribution in [2.24, 2.45) is 10.2 Å². The summed E-state index contributed by atoms with van der Waals surface area (Å²) in [6.45, 7) is 2.83. The van der Waals surface area contributed by atoms with Gasteiger partial charge < -0.3 is 5.32 Å². The normalized spacial score (nSPS) is 21.1. The van der Waals surface area contributed by atoms with E-state index >= 15 is 0 Å². The topological polar surface area (TPSA) is 57.1 Å². The van der Waals surface area contributed by atoms with Gasteiger partial charge in [-0.15, -0.1) is 5.10 Å². The minimum absolute atomic E-state index is 0.0598. The molecule has 0 spiro atoms. The van der Waals surface area contributed by atoms with Crippen LogP contribution in [0, 0.1) is 5.82 Å². The zero-order valence-electron chi connectivity index (χ0n) is 12.1. The number of amides is 1. The van der Waals surface area contributed by atoms with E-state index in [1.165, 1.54) is 30.7 Å². The zero-order valence-corrected chi connectivity index (χ0v) is 12.9. The number of hydrogen-bond donors (Lipinski definition) is 1. The molecule has 1 aromatic rings. The molecule has 7 heteroatoms. The van der Waals surface area contributed by atoms with Crippen molar-refractivity contribution in [3.63, 3.8) is 0 Å². The molecule has 116 valence electrons. The molecule has 0 aromatic heterocycles. The fraction of sp³-hybridized carbons (Fsp3) is 0.400. The van der Waals surface area contributed by atoms with Crippen molar-refractivity contribution in [3.05, 3.63) is 35.1 Å². The van der Waals surface area contributed by atoms with Gasteiger partial charge in [0.05, 0.1) is 12.0 Å². The second-order valence-corrected chi connectivity index (χ2v) is 6.28. The molecular weight excluding hydrogens is 303 g/mol. The molecular formula is C15H17FN4OS. The van der Waals surface area contributed by atoms with E-state index in [2.05, 4.69) is 20.4 Å². The lowest BCUT2D eigenvalue weighted by Crippen LogP contribution is -2.20. The highest BCUT2D eigenvalue weighted by Crippen LogP contribution is 2.17. The first kappa shape index (κ1) is 15.2. The minimum Gasteiger partial charge on any atom is -0.303 e. The van der Waals surface area contributed by atoms with E-state index in [1.54, 1.807) is 18.3 Å². The van der Waals surface area contributed by atoms with Crippen molar-refractivity contribution in [3.8, 4) is 0 Å². The first-order valence-corrected chi connectivity index (χ1v) is 8.24. The van der Waals surface area contributed by atoms with Crippen molar-refractivity contribution in [1.29, 1.82) is 0 Å². The Morgan fingerprint density at radius 2 is 2.18 bits per heavy atom. The highest BCUT2D eigenvalue weighted by atomic mass is 32.2. The fourth-order valence-corrected chi connectivity index (χ4v) is 3.17. The number of hydrogen-bond acceptors (Lipinski definition) is 5. The lowest BCUT2D eigenvalue weighted by molar-refractivity contribution is -0.116. The smallest absolute Gasteiger partial charge is 0.236 e. The predicted octanol–water partition coefficient (Wildman–Crippen LogP) is 1.97. The third kappa shape index (κ3) is 3.92. The number of thioether (sulfide) groups is 1. The Bertz CT molecular complexity index is 626. The van der Waals surface area contributed by atoms with Crippen LogP contribution in [0.1, 0.15) is 24.0 Å². The lowest BCUT2D eigenvalue weighted by Gasteiger charge is -2.16. The molecule has 0 bridgehead atoms. The van der Waals surface area contributed by atoms with Gasteiger partial charge in [0, 0.05) is 6.54 Å². The van der Waals surface area contributed by atoms with E-state index in [1.807, 2.05) is 0 Å². The van der Waals surface area contributed by atoms with Crippen molar-refractivity contribution < 1.29 is 9.18 Å². The van der Waals surface area contributed by atoms with Crippen LogP contribution in [0.5, 0.6) is 0 Å². The van der Waals surface area contributed by atoms with Crippen LogP contribution in [0.2, 0.25) is 0 Å². The van der Waals surface area contributed by atoms with Crippen molar-refractivity contribution in [2.75, 3.05) is 18.8 Å². The molecule has 2 saturated heterocycles. The molecule has 3 rings (SSSR count). The van der Waals surface area contributed by atoms with Gasteiger partial charge in [-0.05, 0) is 49.2 Å². The molecule has 0 aliphatic carbocycles. The molecule has 2 aliphatic rings. The molecule has 0 atom stereocenters. The highest BCUT2D eigenvalue weighted by molar-refractivity contribution is 8.15. The van der Waals surface area contributed by atoms with Gasteiger partial charge in [0.2, 0.25) is 5.91 Å². The van der Waals surface area contributed by atoms with E-state index in [-0.39, 0.29) is 11.7 Å². The number of halogens is 1. The summed E-state index contributed by atoms with van der Waals surface area (Å²) in [5, 5.41) is 11.1. The van der Waals surface area contributed by atoms with Crippen molar-refractivity contribution in [2.45, 2.75) is 19.4 Å². The summed E-state index contributed by atoms with van der Waals surface area (Å²) < 4.78 is 13.5. The Morgan fingerprint density at radius 3 is 2.91 bits per heavy atom. The van der Waals surface area contributed by atoms with E-state index in [4.69, 9.17) is 0 Å². The van der Waals surface area contributed by atoms with Crippen LogP contribution < -0.4 is 5.32 Å². The van der Waals surface area contributed by atoms with Crippen molar-refractivity contribution >= 4 is 29.1 Å². The monoisotopic (exact) mass is 320 g/mol. The van der Waals surface area contributed by atoms with Crippen LogP contribution in [0.3, 0.4) is 0 Å². The fourth-order valence-electron chi connectivity index (χ4n) is 2.54. The van der Waals surface area contributed by atoms with Gasteiger partial charge in [-0.3, -0.25) is 9.69 Å². The third-order valence-electron chi connectivity index (χ3n) is 3.63. The molecule has 2 fully saturated rings. The lowest BCUT2D eigenvalue weighted by atomic mass is 10.1. The maximum Gasteiger partial charge on any atom is 0.236 e. The number of nitrogens with one attached hydrogen (secondary N) is 1. The van der Waals surface area contributed by atoms with E-state index in [0.29, 0.717) is 10.9 Å². The molecule has 22 heavy (non-hydrogen) atoms. The SMILES string of the molecule is O=C1CSC(=NN=Cc2ccc(F)cc2CN2CCCC2)N1. The Balaban J connectivity index is 1.73. The predicted molar refractivity (Wildman–Crippen MR) is 86.5 cm³/mol. The second-order valence-electron chi connectivity index (χ2n) is 5.31. The number of carbonyl (C=O) groups excluding carboxylic acids is 1. The molecule has 0 radical (unpaired) electrons. The number of benzene rings is 1. The molecule has 1 amide bonds. The van der Waals surface area contributed by atoms with Gasteiger partial charge in [0.15, 0.2) is 5.17 Å². The largest absolute Gasteiger partial charge is 0.303 e. The summed E-state index contributed by atoms with van der Waals surface area (Å²) in [5.41, 5.74) is 1.76. The van der Waals surface area contributed by atoms with E-state index in [0.717, 1.165) is 30.8 Å². The molecule has 1 N–H and O–H groups in total. The maximum atomic E-state index is 13.5. The Hall–Kier alpha value is -1.73. The van der Waals surface area contributed by atoms with Gasteiger partial charge >= 0.3 is 0 Å². The Kier molecular flexibility index (Phi) is 4.84. The zero-order chi connectivity index (χ0) is 15.4. The van der Waals surface area contributed by atoms with Crippen LogP contribution >= 0.6 is 11.8 Å². The van der Waals surface area contributed by atoms with Gasteiger partial charge in [-0.25, -0.2) is 4.39 Å². The number of likely N-dealkylation sites (tertiary alicyclic amines) is 1. The van der Waals surface area contributed by atoms with Crippen LogP contribution in [-0.4, -0.2) is 41.0 Å². The summed E-state index contributed by atoms with van der Waals surface area (Å²) in [7, 11) is 0. The quantitative estimate of drug-likeness (QED) is 0.682. The molecule has 2 heterocycles. The standard InChI is InChI=1S/C15H17FN4OS/c16-13-4-3-11(8-17-19-15-18-14(21)10-22-15)12(7-13)9-20-5-1-2-6-20/h3-4,7-8H,1-2,5-6,9-10H2,(H,18,19,21). The summed E-state index contributed by atoms with van der Waals surface area (Å²) in [6.07, 6.45) is 4.01. The Labute approximate surface area is 132 Å². The molecule has 0 unspecified atom stereocenters. The molecule has 5 nitrogen and oxygen atoms in total. The van der Waals surface area contributed by atoms with Crippen LogP contribution in [0.25, 0.3) is 0 Å². The minimum atomic E-state index is -0.240. The average Bonchev–Trinajstić information content (AvgIpc) is 3.13. The van der Waals surface area contributed by atoms with E-state index < -0.39 is 0 Å². The summed E-state index contributed by atoms with van der Waals surface area (Å²) >= 11 is 1.33. The summed E-state index contributed by atoms with van der Waals surface area (Å²) in [5.74, 6) is 0.0807. The number of nitrogens with zero attached hydrogens (tertiary/aromatic N) is 3. The van der Waals surface area contributed by atoms with Gasteiger partial charge in [-0.1, -0.05) is 17.8 Å². The van der Waals surface area contributed by atoms with E-state index in [9.17, 15) is 9.18 Å². The van der Waals surface area contributed by atoms with Crippen LogP contribution in [0.15, 0.2) is 28.4 Å². The first-order chi connectivity index (χ1) is 10.7. The number of rotatable bonds is 4. The molecule has 2 aliphatic heterocycles. The molecule has 0 saturated carbocycles. The average molecular weight is 320 g/mol. The second kappa shape index (κ2) is 7.02. The number of carbonyl (C=O) groups is 1. The number of amidine groups is 1. The highest BCUT2D eigenvalue weighted by Gasteiger charge is 2.16. The van der Waals surface area contributed by atoms with Crippen molar-refractivity contribution in [1.82, 2.24) is 10.2 Å². The van der Waals surface area contributed by atoms with Gasteiger partial charge in [0.25, 0.3) is 0 Å². The van der Waals surface area contributed by atoms with Gasteiger partial charge in [-0.2, -0.15) is 5.10 Å². The molecule has 1 aromatic carbocycles. The Morgan fingerprint density at radius 1 is 1.36 bits per heavy atom. The van der Waals surface area contributed by atoms with Crippen LogP contribution in [-0.2, 0) is 11.3 Å².